The first kappa shape index (κ1) is 12.1. The number of carbonyl (C=O) groups is 2. The Hall–Kier alpha value is -1.39. The maximum Gasteiger partial charge on any atom is 0.299 e. The molecule has 0 saturated heterocycles. The van der Waals surface area contributed by atoms with E-state index in [1.54, 1.807) is 25.3 Å². The van der Waals surface area contributed by atoms with E-state index in [0.29, 0.717) is 35.8 Å². The normalized spacial score (nSPS) is 14.4. The Bertz CT molecular complexity index is 473. The zero-order chi connectivity index (χ0) is 12.4. The van der Waals surface area contributed by atoms with Crippen molar-refractivity contribution in [1.82, 2.24) is 0 Å². The van der Waals surface area contributed by atoms with Crippen molar-refractivity contribution in [3.63, 3.8) is 0 Å². The van der Waals surface area contributed by atoms with E-state index in [1.165, 1.54) is 4.90 Å². The minimum Gasteiger partial charge on any atom is -0.385 e. The molecule has 5 heteroatoms. The number of rotatable bonds is 4. The fourth-order valence-electron chi connectivity index (χ4n) is 1.89. The lowest BCUT2D eigenvalue weighted by atomic mass is 10.1. The molecule has 1 amide bonds. The third kappa shape index (κ3) is 2.06. The highest BCUT2D eigenvalue weighted by Gasteiger charge is 2.36. The second-order valence-corrected chi connectivity index (χ2v) is 4.18. The number of Topliss-reactive ketones (excluding diaryl/α,β-unsaturated/α-hetero) is 1. The molecule has 0 unspecified atom stereocenters. The van der Waals surface area contributed by atoms with Gasteiger partial charge in [-0.1, -0.05) is 17.7 Å². The summed E-state index contributed by atoms with van der Waals surface area (Å²) in [6.07, 6.45) is 0.667. The molecule has 0 fully saturated rings. The van der Waals surface area contributed by atoms with Crippen LogP contribution in [0.25, 0.3) is 0 Å². The number of halogens is 1. The van der Waals surface area contributed by atoms with Crippen molar-refractivity contribution in [1.29, 1.82) is 0 Å². The van der Waals surface area contributed by atoms with Crippen molar-refractivity contribution < 1.29 is 14.3 Å². The second-order valence-electron chi connectivity index (χ2n) is 3.77. The van der Waals surface area contributed by atoms with Crippen LogP contribution < -0.4 is 4.90 Å². The van der Waals surface area contributed by atoms with E-state index >= 15 is 0 Å². The van der Waals surface area contributed by atoms with Gasteiger partial charge in [0.2, 0.25) is 0 Å². The van der Waals surface area contributed by atoms with Crippen molar-refractivity contribution >= 4 is 29.0 Å². The summed E-state index contributed by atoms with van der Waals surface area (Å²) in [7, 11) is 1.60. The van der Waals surface area contributed by atoms with Gasteiger partial charge in [-0.25, -0.2) is 0 Å². The van der Waals surface area contributed by atoms with Gasteiger partial charge in [0.1, 0.15) is 0 Å². The highest BCUT2D eigenvalue weighted by Crippen LogP contribution is 2.35. The topological polar surface area (TPSA) is 46.6 Å². The predicted octanol–water partition coefficient (Wildman–Crippen LogP) is 1.91. The summed E-state index contributed by atoms with van der Waals surface area (Å²) in [5.41, 5.74) is 0.917. The maximum atomic E-state index is 11.8. The zero-order valence-electron chi connectivity index (χ0n) is 9.40. The number of amides is 1. The molecular weight excluding hydrogens is 242 g/mol. The molecule has 1 aliphatic rings. The van der Waals surface area contributed by atoms with Crippen molar-refractivity contribution in [3.8, 4) is 0 Å². The minimum absolute atomic E-state index is 0.389. The quantitative estimate of drug-likeness (QED) is 0.608. The summed E-state index contributed by atoms with van der Waals surface area (Å²) < 4.78 is 4.93. The van der Waals surface area contributed by atoms with Crippen LogP contribution in [-0.4, -0.2) is 32.0 Å². The average Bonchev–Trinajstić information content (AvgIpc) is 2.56. The molecule has 0 atom stereocenters. The Balaban J connectivity index is 2.30. The van der Waals surface area contributed by atoms with Crippen LogP contribution in [0.3, 0.4) is 0 Å². The molecule has 0 N–H and O–H groups in total. The number of benzene rings is 1. The molecule has 17 heavy (non-hydrogen) atoms. The number of hydrogen-bond acceptors (Lipinski definition) is 3. The Morgan fingerprint density at radius 1 is 1.35 bits per heavy atom. The standard InChI is InChI=1S/C12H12ClNO3/c1-17-7-3-6-14-10-8(11(15)12(14)16)4-2-5-9(10)13/h2,4-5H,3,6-7H2,1H3. The Morgan fingerprint density at radius 2 is 2.12 bits per heavy atom. The molecule has 0 spiro atoms. The largest absolute Gasteiger partial charge is 0.385 e. The summed E-state index contributed by atoms with van der Waals surface area (Å²) in [6.45, 7) is 0.979. The molecule has 1 aromatic carbocycles. The highest BCUT2D eigenvalue weighted by atomic mass is 35.5. The number of ether oxygens (including phenoxy) is 1. The Morgan fingerprint density at radius 3 is 2.82 bits per heavy atom. The number of anilines is 1. The highest BCUT2D eigenvalue weighted by molar-refractivity contribution is 6.54. The molecule has 0 saturated carbocycles. The minimum atomic E-state index is -0.510. The zero-order valence-corrected chi connectivity index (χ0v) is 10.2. The van der Waals surface area contributed by atoms with E-state index < -0.39 is 11.7 Å². The van der Waals surface area contributed by atoms with Gasteiger partial charge >= 0.3 is 0 Å². The fraction of sp³-hybridized carbons (Fsp3) is 0.333. The van der Waals surface area contributed by atoms with Gasteiger partial charge in [-0.2, -0.15) is 0 Å². The van der Waals surface area contributed by atoms with Crippen LogP contribution in [0.2, 0.25) is 5.02 Å². The molecule has 0 radical (unpaired) electrons. The van der Waals surface area contributed by atoms with Gasteiger partial charge in [0.15, 0.2) is 0 Å². The van der Waals surface area contributed by atoms with Crippen LogP contribution in [0.1, 0.15) is 16.8 Å². The molecule has 0 aromatic heterocycles. The van der Waals surface area contributed by atoms with Crippen molar-refractivity contribution in [2.75, 3.05) is 25.2 Å². The average molecular weight is 254 g/mol. The van der Waals surface area contributed by atoms with Gasteiger partial charge < -0.3 is 9.64 Å². The summed E-state index contributed by atoms with van der Waals surface area (Å²) in [5, 5.41) is 0.430. The smallest absolute Gasteiger partial charge is 0.299 e. The van der Waals surface area contributed by atoms with Gasteiger partial charge in [0.25, 0.3) is 11.7 Å². The lowest BCUT2D eigenvalue weighted by molar-refractivity contribution is -0.114. The van der Waals surface area contributed by atoms with E-state index in [0.717, 1.165) is 0 Å². The van der Waals surface area contributed by atoms with E-state index in [1.807, 2.05) is 0 Å². The van der Waals surface area contributed by atoms with Crippen LogP contribution >= 0.6 is 11.6 Å². The molecule has 1 heterocycles. The molecule has 0 bridgehead atoms. The number of fused-ring (bicyclic) bond motifs is 1. The summed E-state index contributed by atoms with van der Waals surface area (Å²) >= 11 is 6.03. The molecular formula is C12H12ClNO3. The molecule has 1 aromatic rings. The van der Waals surface area contributed by atoms with E-state index in [-0.39, 0.29) is 0 Å². The summed E-state index contributed by atoms with van der Waals surface area (Å²) in [6, 6.07) is 4.97. The van der Waals surface area contributed by atoms with Gasteiger partial charge in [-0.15, -0.1) is 0 Å². The number of ketones is 1. The van der Waals surface area contributed by atoms with E-state index in [9.17, 15) is 9.59 Å². The number of para-hydroxylation sites is 1. The maximum absolute atomic E-state index is 11.8. The summed E-state index contributed by atoms with van der Waals surface area (Å²) in [4.78, 5) is 24.9. The number of hydrogen-bond donors (Lipinski definition) is 0. The van der Waals surface area contributed by atoms with Crippen LogP contribution in [0.4, 0.5) is 5.69 Å². The second kappa shape index (κ2) is 4.85. The fourth-order valence-corrected chi connectivity index (χ4v) is 2.17. The van der Waals surface area contributed by atoms with Crippen LogP contribution in [0.15, 0.2) is 18.2 Å². The van der Waals surface area contributed by atoms with Crippen molar-refractivity contribution in [2.45, 2.75) is 6.42 Å². The van der Waals surface area contributed by atoms with Crippen LogP contribution in [-0.2, 0) is 9.53 Å². The van der Waals surface area contributed by atoms with Gasteiger partial charge in [0, 0.05) is 20.3 Å². The van der Waals surface area contributed by atoms with Gasteiger partial charge in [-0.3, -0.25) is 9.59 Å². The third-order valence-electron chi connectivity index (χ3n) is 2.67. The molecule has 2 rings (SSSR count). The lowest BCUT2D eigenvalue weighted by Crippen LogP contribution is -2.31. The van der Waals surface area contributed by atoms with Crippen LogP contribution in [0, 0.1) is 0 Å². The third-order valence-corrected chi connectivity index (χ3v) is 2.98. The number of carbonyl (C=O) groups excluding carboxylic acids is 2. The lowest BCUT2D eigenvalue weighted by Gasteiger charge is -2.17. The number of methoxy groups -OCH3 is 1. The predicted molar refractivity (Wildman–Crippen MR) is 64.6 cm³/mol. The first-order valence-electron chi connectivity index (χ1n) is 5.30. The Labute approximate surface area is 104 Å². The SMILES string of the molecule is COCCCN1C(=O)C(=O)c2cccc(Cl)c21. The first-order valence-corrected chi connectivity index (χ1v) is 5.68. The van der Waals surface area contributed by atoms with Gasteiger partial charge in [-0.05, 0) is 18.6 Å². The summed E-state index contributed by atoms with van der Waals surface area (Å²) in [5.74, 6) is -0.996. The van der Waals surface area contributed by atoms with Crippen molar-refractivity contribution in [3.05, 3.63) is 28.8 Å². The molecule has 90 valence electrons. The van der Waals surface area contributed by atoms with E-state index in [4.69, 9.17) is 16.3 Å². The van der Waals surface area contributed by atoms with Crippen molar-refractivity contribution in [2.24, 2.45) is 0 Å². The first-order chi connectivity index (χ1) is 8.16. The monoisotopic (exact) mass is 253 g/mol. The van der Waals surface area contributed by atoms with E-state index in [2.05, 4.69) is 0 Å². The molecule has 4 nitrogen and oxygen atoms in total. The molecule has 0 aliphatic carbocycles. The molecule has 1 aliphatic heterocycles. The number of nitrogens with zero attached hydrogens (tertiary/aromatic N) is 1. The van der Waals surface area contributed by atoms with Crippen LogP contribution in [0.5, 0.6) is 0 Å². The van der Waals surface area contributed by atoms with Gasteiger partial charge in [0.05, 0.1) is 16.3 Å². The Kier molecular flexibility index (Phi) is 3.45.